The lowest BCUT2D eigenvalue weighted by molar-refractivity contribution is 0.578. The Hall–Kier alpha value is -0.910. The maximum Gasteiger partial charge on any atom is 0.227 e. The van der Waals surface area contributed by atoms with Crippen molar-refractivity contribution < 1.29 is 0 Å². The highest BCUT2D eigenvalue weighted by molar-refractivity contribution is 6.30. The van der Waals surface area contributed by atoms with Gasteiger partial charge in [-0.2, -0.15) is 0 Å². The summed E-state index contributed by atoms with van der Waals surface area (Å²) in [6, 6.07) is 0. The van der Waals surface area contributed by atoms with Crippen LogP contribution in [0.4, 0.5) is 5.95 Å². The Bertz CT molecular complexity index is 431. The second-order valence-electron chi connectivity index (χ2n) is 4.73. The number of anilines is 1. The Labute approximate surface area is 112 Å². The molecule has 1 aromatic rings. The number of halogens is 1. The van der Waals surface area contributed by atoms with E-state index in [1.165, 1.54) is 0 Å². The van der Waals surface area contributed by atoms with E-state index in [1.54, 1.807) is 0 Å². The minimum atomic E-state index is 0.636. The molecule has 0 radical (unpaired) electrons. The fourth-order valence-corrected chi connectivity index (χ4v) is 2.77. The molecule has 6 heteroatoms. The number of nitrogens with one attached hydrogen (secondary N) is 2. The smallest absolute Gasteiger partial charge is 0.227 e. The van der Waals surface area contributed by atoms with Crippen LogP contribution in [-0.2, 0) is 12.8 Å². The number of hydrogen-bond acceptors (Lipinski definition) is 5. The van der Waals surface area contributed by atoms with Gasteiger partial charge in [0.1, 0.15) is 5.15 Å². The van der Waals surface area contributed by atoms with E-state index in [9.17, 15) is 0 Å². The lowest BCUT2D eigenvalue weighted by Gasteiger charge is -2.28. The van der Waals surface area contributed by atoms with E-state index in [-0.39, 0.29) is 0 Å². The molecular weight excluding hydrogens is 250 g/mol. The third-order valence-corrected chi connectivity index (χ3v) is 3.83. The zero-order valence-electron chi connectivity index (χ0n) is 10.4. The van der Waals surface area contributed by atoms with Crippen LogP contribution in [0.2, 0.25) is 5.15 Å². The first-order chi connectivity index (χ1) is 8.84. The highest BCUT2D eigenvalue weighted by Crippen LogP contribution is 2.22. The molecule has 0 unspecified atom stereocenters. The van der Waals surface area contributed by atoms with E-state index in [4.69, 9.17) is 16.6 Å². The number of rotatable bonds is 1. The molecule has 5 nitrogen and oxygen atoms in total. The Morgan fingerprint density at radius 2 is 1.67 bits per heavy atom. The van der Waals surface area contributed by atoms with Gasteiger partial charge < -0.3 is 15.5 Å². The molecule has 98 valence electrons. The minimum Gasteiger partial charge on any atom is -0.338 e. The summed E-state index contributed by atoms with van der Waals surface area (Å²) in [5.74, 6) is 0.794. The first-order valence-electron chi connectivity index (χ1n) is 6.56. The van der Waals surface area contributed by atoms with Gasteiger partial charge in [-0.3, -0.25) is 0 Å². The molecule has 3 rings (SSSR count). The molecule has 0 aromatic carbocycles. The summed E-state index contributed by atoms with van der Waals surface area (Å²) in [6.07, 6.45) is 1.87. The first kappa shape index (κ1) is 12.1. The van der Waals surface area contributed by atoms with Gasteiger partial charge in [0, 0.05) is 44.7 Å². The van der Waals surface area contributed by atoms with Gasteiger partial charge in [-0.1, -0.05) is 11.6 Å². The molecular formula is C12H18ClN5. The lowest BCUT2D eigenvalue weighted by Crippen LogP contribution is -2.44. The predicted octanol–water partition coefficient (Wildman–Crippen LogP) is 0.228. The molecule has 2 aliphatic heterocycles. The van der Waals surface area contributed by atoms with E-state index in [0.29, 0.717) is 5.15 Å². The van der Waals surface area contributed by atoms with Gasteiger partial charge in [-0.05, 0) is 13.0 Å². The van der Waals surface area contributed by atoms with E-state index < -0.39 is 0 Å². The van der Waals surface area contributed by atoms with Crippen LogP contribution in [0, 0.1) is 0 Å². The molecule has 2 N–H and O–H groups in total. The molecule has 1 fully saturated rings. The third-order valence-electron chi connectivity index (χ3n) is 3.52. The van der Waals surface area contributed by atoms with Crippen molar-refractivity contribution in [1.82, 2.24) is 20.6 Å². The highest BCUT2D eigenvalue weighted by atomic mass is 35.5. The second kappa shape index (κ2) is 5.38. The summed E-state index contributed by atoms with van der Waals surface area (Å²) in [7, 11) is 0. The molecule has 18 heavy (non-hydrogen) atoms. The molecule has 0 aliphatic carbocycles. The van der Waals surface area contributed by atoms with Crippen molar-refractivity contribution in [3.05, 3.63) is 16.4 Å². The van der Waals surface area contributed by atoms with Crippen molar-refractivity contribution >= 4 is 17.5 Å². The van der Waals surface area contributed by atoms with Gasteiger partial charge in [0.15, 0.2) is 0 Å². The van der Waals surface area contributed by atoms with Crippen molar-refractivity contribution in [2.45, 2.75) is 12.8 Å². The van der Waals surface area contributed by atoms with Crippen LogP contribution in [0.15, 0.2) is 0 Å². The number of hydrogen-bond donors (Lipinski definition) is 2. The summed E-state index contributed by atoms with van der Waals surface area (Å²) < 4.78 is 0. The van der Waals surface area contributed by atoms with Gasteiger partial charge in [-0.25, -0.2) is 9.97 Å². The summed E-state index contributed by atoms with van der Waals surface area (Å²) in [4.78, 5) is 11.4. The topological polar surface area (TPSA) is 53.1 Å². The largest absolute Gasteiger partial charge is 0.338 e. The number of piperazine rings is 1. The zero-order chi connectivity index (χ0) is 12.4. The monoisotopic (exact) mass is 267 g/mol. The van der Waals surface area contributed by atoms with Gasteiger partial charge in [0.05, 0.1) is 5.69 Å². The number of fused-ring (bicyclic) bond motifs is 1. The molecule has 0 saturated carbocycles. The van der Waals surface area contributed by atoms with Crippen molar-refractivity contribution in [1.29, 1.82) is 0 Å². The molecule has 1 saturated heterocycles. The summed E-state index contributed by atoms with van der Waals surface area (Å²) in [5.41, 5.74) is 2.24. The van der Waals surface area contributed by atoms with Crippen LogP contribution in [0.3, 0.4) is 0 Å². The van der Waals surface area contributed by atoms with Crippen LogP contribution in [0.5, 0.6) is 0 Å². The Balaban J connectivity index is 1.91. The SMILES string of the molecule is Clc1nc(N2CCNCC2)nc2c1CCNCC2. The third kappa shape index (κ3) is 2.43. The average Bonchev–Trinajstić information content (AvgIpc) is 2.65. The van der Waals surface area contributed by atoms with Gasteiger partial charge in [-0.15, -0.1) is 0 Å². The maximum absolute atomic E-state index is 6.32. The number of nitrogens with zero attached hydrogens (tertiary/aromatic N) is 3. The quantitative estimate of drug-likeness (QED) is 0.714. The van der Waals surface area contributed by atoms with E-state index in [0.717, 1.165) is 69.3 Å². The molecule has 0 amide bonds. The standard InChI is InChI=1S/C12H18ClN5/c13-11-9-1-3-14-4-2-10(9)16-12(17-11)18-7-5-15-6-8-18/h14-15H,1-8H2. The average molecular weight is 268 g/mol. The zero-order valence-corrected chi connectivity index (χ0v) is 11.1. The maximum atomic E-state index is 6.32. The predicted molar refractivity (Wildman–Crippen MR) is 72.4 cm³/mol. The van der Waals surface area contributed by atoms with Crippen LogP contribution >= 0.6 is 11.6 Å². The van der Waals surface area contributed by atoms with Crippen molar-refractivity contribution in [2.75, 3.05) is 44.2 Å². The van der Waals surface area contributed by atoms with E-state index in [2.05, 4.69) is 20.5 Å². The Kier molecular flexibility index (Phi) is 3.63. The normalized spacial score (nSPS) is 20.4. The molecule has 0 bridgehead atoms. The Morgan fingerprint density at radius 3 is 2.50 bits per heavy atom. The van der Waals surface area contributed by atoms with Gasteiger partial charge >= 0.3 is 0 Å². The summed E-state index contributed by atoms with van der Waals surface area (Å²) >= 11 is 6.32. The van der Waals surface area contributed by atoms with Crippen LogP contribution < -0.4 is 15.5 Å². The fourth-order valence-electron chi connectivity index (χ4n) is 2.49. The van der Waals surface area contributed by atoms with Gasteiger partial charge in [0.25, 0.3) is 0 Å². The second-order valence-corrected chi connectivity index (χ2v) is 5.08. The molecule has 0 atom stereocenters. The van der Waals surface area contributed by atoms with Gasteiger partial charge in [0.2, 0.25) is 5.95 Å². The summed E-state index contributed by atoms with van der Waals surface area (Å²) in [6.45, 7) is 5.81. The minimum absolute atomic E-state index is 0.636. The molecule has 1 aromatic heterocycles. The fraction of sp³-hybridized carbons (Fsp3) is 0.667. The van der Waals surface area contributed by atoms with E-state index >= 15 is 0 Å². The summed E-state index contributed by atoms with van der Waals surface area (Å²) in [5, 5.41) is 7.34. The lowest BCUT2D eigenvalue weighted by atomic mass is 10.1. The van der Waals surface area contributed by atoms with E-state index in [1.807, 2.05) is 0 Å². The van der Waals surface area contributed by atoms with Crippen molar-refractivity contribution in [2.24, 2.45) is 0 Å². The highest BCUT2D eigenvalue weighted by Gasteiger charge is 2.19. The van der Waals surface area contributed by atoms with Crippen molar-refractivity contribution in [3.8, 4) is 0 Å². The molecule has 2 aliphatic rings. The Morgan fingerprint density at radius 1 is 0.944 bits per heavy atom. The van der Waals surface area contributed by atoms with Crippen LogP contribution in [0.1, 0.15) is 11.3 Å². The molecule has 0 spiro atoms. The van der Waals surface area contributed by atoms with Crippen LogP contribution in [-0.4, -0.2) is 49.2 Å². The van der Waals surface area contributed by atoms with Crippen LogP contribution in [0.25, 0.3) is 0 Å². The first-order valence-corrected chi connectivity index (χ1v) is 6.94. The molecule has 3 heterocycles. The number of aromatic nitrogens is 2. The van der Waals surface area contributed by atoms with Crippen molar-refractivity contribution in [3.63, 3.8) is 0 Å².